The summed E-state index contributed by atoms with van der Waals surface area (Å²) in [6, 6.07) is 12.7. The van der Waals surface area contributed by atoms with Crippen LogP contribution in [0.2, 0.25) is 0 Å². The number of ether oxygens (including phenoxy) is 1. The number of rotatable bonds is 6. The number of nitrogens with zero attached hydrogens (tertiary/aromatic N) is 5. The summed E-state index contributed by atoms with van der Waals surface area (Å²) in [7, 11) is 1.54. The summed E-state index contributed by atoms with van der Waals surface area (Å²) in [6.07, 6.45) is 1.45. The van der Waals surface area contributed by atoms with Crippen molar-refractivity contribution >= 4 is 39.1 Å². The zero-order valence-corrected chi connectivity index (χ0v) is 19.1. The summed E-state index contributed by atoms with van der Waals surface area (Å²) in [5.74, 6) is -2.08. The summed E-state index contributed by atoms with van der Waals surface area (Å²) in [4.78, 5) is 32.2. The number of methoxy groups -OCH3 is 1. The Balaban J connectivity index is 1.63. The van der Waals surface area contributed by atoms with Gasteiger partial charge in [0.05, 0.1) is 34.2 Å². The predicted molar refractivity (Wildman–Crippen MR) is 127 cm³/mol. The van der Waals surface area contributed by atoms with Gasteiger partial charge in [0.2, 0.25) is 0 Å². The molecule has 0 atom stereocenters. The van der Waals surface area contributed by atoms with Gasteiger partial charge in [0.1, 0.15) is 11.6 Å². The molecule has 2 aromatic carbocycles. The van der Waals surface area contributed by atoms with Gasteiger partial charge < -0.3 is 10.1 Å². The maximum atomic E-state index is 14.0. The van der Waals surface area contributed by atoms with E-state index >= 15 is 0 Å². The van der Waals surface area contributed by atoms with Gasteiger partial charge in [0, 0.05) is 11.6 Å². The highest BCUT2D eigenvalue weighted by molar-refractivity contribution is 7.17. The molecule has 3 heterocycles. The maximum absolute atomic E-state index is 14.0. The van der Waals surface area contributed by atoms with Crippen LogP contribution in [0.3, 0.4) is 0 Å². The summed E-state index contributed by atoms with van der Waals surface area (Å²) < 4.78 is 34.1. The van der Waals surface area contributed by atoms with Gasteiger partial charge in [0.25, 0.3) is 5.91 Å². The molecule has 0 fully saturated rings. The van der Waals surface area contributed by atoms with Gasteiger partial charge >= 0.3 is 5.00 Å². The first-order chi connectivity index (χ1) is 17.3. The Morgan fingerprint density at radius 3 is 2.53 bits per heavy atom. The third-order valence-corrected chi connectivity index (χ3v) is 6.19. The molecule has 0 bridgehead atoms. The second kappa shape index (κ2) is 9.11. The van der Waals surface area contributed by atoms with Gasteiger partial charge in [-0.2, -0.15) is 5.10 Å². The molecule has 0 spiro atoms. The standard InChI is InChI=1S/C23H14F2N6O4S/c1-35-14-5-3-13(4-6-14)30-22-15(11-26-30)21(29-23(32)18-8-9-19(36-18)31(33)34)27-20(28-22)12-2-7-16(24)17(25)10-12/h2-11H,1H3,(H,27,28,29,32). The first-order valence-corrected chi connectivity index (χ1v) is 11.1. The van der Waals surface area contributed by atoms with E-state index in [9.17, 15) is 23.7 Å². The van der Waals surface area contributed by atoms with Gasteiger partial charge in [-0.15, -0.1) is 0 Å². The number of thiophene rings is 1. The lowest BCUT2D eigenvalue weighted by Gasteiger charge is -2.09. The molecular weight excluding hydrogens is 494 g/mol. The zero-order valence-electron chi connectivity index (χ0n) is 18.3. The summed E-state index contributed by atoms with van der Waals surface area (Å²) in [5, 5.41) is 18.1. The number of amides is 1. The van der Waals surface area contributed by atoms with Crippen LogP contribution in [0.25, 0.3) is 28.1 Å². The Bertz CT molecular complexity index is 1630. The zero-order chi connectivity index (χ0) is 25.4. The average molecular weight is 508 g/mol. The highest BCUT2D eigenvalue weighted by Crippen LogP contribution is 2.30. The topological polar surface area (TPSA) is 125 Å². The second-order valence-electron chi connectivity index (χ2n) is 7.37. The molecule has 0 saturated heterocycles. The average Bonchev–Trinajstić information content (AvgIpc) is 3.54. The number of hydrogen-bond donors (Lipinski definition) is 1. The molecule has 10 nitrogen and oxygen atoms in total. The highest BCUT2D eigenvalue weighted by atomic mass is 32.1. The molecule has 0 aliphatic heterocycles. The molecule has 1 N–H and O–H groups in total. The van der Waals surface area contributed by atoms with Crippen LogP contribution in [0, 0.1) is 21.7 Å². The predicted octanol–water partition coefficient (Wildman–Crippen LogP) is 4.99. The van der Waals surface area contributed by atoms with E-state index in [1.165, 1.54) is 36.2 Å². The summed E-state index contributed by atoms with van der Waals surface area (Å²) in [5.41, 5.74) is 1.06. The number of nitrogens with one attached hydrogen (secondary N) is 1. The van der Waals surface area contributed by atoms with Crippen LogP contribution >= 0.6 is 11.3 Å². The number of benzene rings is 2. The number of anilines is 1. The Morgan fingerprint density at radius 2 is 1.86 bits per heavy atom. The Labute approximate surface area is 205 Å². The molecule has 0 aliphatic rings. The number of carbonyl (C=O) groups is 1. The fraction of sp³-hybridized carbons (Fsp3) is 0.0435. The van der Waals surface area contributed by atoms with Crippen molar-refractivity contribution in [1.29, 1.82) is 0 Å². The van der Waals surface area contributed by atoms with E-state index in [2.05, 4.69) is 20.4 Å². The summed E-state index contributed by atoms with van der Waals surface area (Å²) >= 11 is 0.705. The van der Waals surface area contributed by atoms with Gasteiger partial charge in [0.15, 0.2) is 23.1 Å². The number of aromatic nitrogens is 4. The van der Waals surface area contributed by atoms with E-state index in [4.69, 9.17) is 4.74 Å². The van der Waals surface area contributed by atoms with E-state index < -0.39 is 22.5 Å². The Hall–Kier alpha value is -4.78. The first-order valence-electron chi connectivity index (χ1n) is 10.3. The van der Waals surface area contributed by atoms with Crippen molar-refractivity contribution in [2.24, 2.45) is 0 Å². The van der Waals surface area contributed by atoms with Gasteiger partial charge in [-0.05, 0) is 48.5 Å². The van der Waals surface area contributed by atoms with Crippen molar-refractivity contribution in [2.75, 3.05) is 12.4 Å². The van der Waals surface area contributed by atoms with Crippen LogP contribution in [-0.4, -0.2) is 37.7 Å². The Morgan fingerprint density at radius 1 is 1.08 bits per heavy atom. The van der Waals surface area contributed by atoms with Crippen LogP contribution in [-0.2, 0) is 0 Å². The van der Waals surface area contributed by atoms with Crippen molar-refractivity contribution in [3.8, 4) is 22.8 Å². The van der Waals surface area contributed by atoms with E-state index in [0.29, 0.717) is 28.2 Å². The molecular formula is C23H14F2N6O4S. The van der Waals surface area contributed by atoms with E-state index in [0.717, 1.165) is 12.1 Å². The largest absolute Gasteiger partial charge is 0.497 e. The Kier molecular flexibility index (Phi) is 5.82. The van der Waals surface area contributed by atoms with Crippen LogP contribution in [0.5, 0.6) is 5.75 Å². The SMILES string of the molecule is COc1ccc(-n2ncc3c(NC(=O)c4ccc([N+](=O)[O-])s4)nc(-c4ccc(F)c(F)c4)nc32)cc1. The molecule has 180 valence electrons. The molecule has 5 aromatic rings. The molecule has 0 unspecified atom stereocenters. The van der Waals surface area contributed by atoms with Crippen molar-refractivity contribution in [1.82, 2.24) is 19.7 Å². The smallest absolute Gasteiger partial charge is 0.324 e. The molecule has 13 heteroatoms. The van der Waals surface area contributed by atoms with Gasteiger partial charge in [-0.3, -0.25) is 14.9 Å². The van der Waals surface area contributed by atoms with Crippen molar-refractivity contribution in [3.05, 3.63) is 87.4 Å². The van der Waals surface area contributed by atoms with E-state index in [1.807, 2.05) is 0 Å². The van der Waals surface area contributed by atoms with Crippen LogP contribution in [0.15, 0.2) is 60.8 Å². The van der Waals surface area contributed by atoms with Crippen molar-refractivity contribution in [3.63, 3.8) is 0 Å². The lowest BCUT2D eigenvalue weighted by atomic mass is 10.2. The van der Waals surface area contributed by atoms with E-state index in [-0.39, 0.29) is 32.7 Å². The number of fused-ring (bicyclic) bond motifs is 1. The van der Waals surface area contributed by atoms with Crippen molar-refractivity contribution in [2.45, 2.75) is 0 Å². The number of hydrogen-bond acceptors (Lipinski definition) is 8. The molecule has 0 saturated carbocycles. The van der Waals surface area contributed by atoms with Crippen LogP contribution in [0.1, 0.15) is 9.67 Å². The minimum atomic E-state index is -1.09. The quantitative estimate of drug-likeness (QED) is 0.253. The van der Waals surface area contributed by atoms with Crippen molar-refractivity contribution < 1.29 is 23.2 Å². The lowest BCUT2D eigenvalue weighted by molar-refractivity contribution is -0.380. The molecule has 0 aliphatic carbocycles. The highest BCUT2D eigenvalue weighted by Gasteiger charge is 2.20. The number of carbonyl (C=O) groups excluding carboxylic acids is 1. The molecule has 0 radical (unpaired) electrons. The fourth-order valence-corrected chi connectivity index (χ4v) is 4.11. The number of nitro groups is 1. The van der Waals surface area contributed by atoms with E-state index in [1.54, 1.807) is 24.3 Å². The van der Waals surface area contributed by atoms with Crippen LogP contribution in [0.4, 0.5) is 19.6 Å². The first kappa shape index (κ1) is 23.0. The minimum Gasteiger partial charge on any atom is -0.497 e. The fourth-order valence-electron chi connectivity index (χ4n) is 3.40. The van der Waals surface area contributed by atoms with Crippen LogP contribution < -0.4 is 10.1 Å². The normalized spacial score (nSPS) is 11.0. The second-order valence-corrected chi connectivity index (χ2v) is 8.43. The van der Waals surface area contributed by atoms with Gasteiger partial charge in [-0.1, -0.05) is 11.3 Å². The molecule has 1 amide bonds. The monoisotopic (exact) mass is 508 g/mol. The summed E-state index contributed by atoms with van der Waals surface area (Å²) in [6.45, 7) is 0. The molecule has 3 aromatic heterocycles. The third kappa shape index (κ3) is 4.22. The molecule has 5 rings (SSSR count). The van der Waals surface area contributed by atoms with Gasteiger partial charge in [-0.25, -0.2) is 23.4 Å². The molecule has 36 heavy (non-hydrogen) atoms. The number of halogens is 2. The minimum absolute atomic E-state index is 0.00382. The lowest BCUT2D eigenvalue weighted by Crippen LogP contribution is -2.12. The maximum Gasteiger partial charge on any atom is 0.324 e. The third-order valence-electron chi connectivity index (χ3n) is 5.15.